The van der Waals surface area contributed by atoms with E-state index in [1.807, 2.05) is 76.2 Å². The molecular formula is C45H53N5O7S. The summed E-state index contributed by atoms with van der Waals surface area (Å²) in [5.74, 6) is 1.09. The lowest BCUT2D eigenvalue weighted by atomic mass is 9.86. The van der Waals surface area contributed by atoms with E-state index >= 15 is 0 Å². The van der Waals surface area contributed by atoms with E-state index in [4.69, 9.17) is 19.2 Å². The molecule has 5 aromatic rings. The molecule has 1 aromatic heterocycles. The first kappa shape index (κ1) is 42.2. The van der Waals surface area contributed by atoms with Crippen LogP contribution >= 0.6 is 0 Å². The Morgan fingerprint density at radius 1 is 0.931 bits per heavy atom. The first-order valence-corrected chi connectivity index (χ1v) is 21.4. The van der Waals surface area contributed by atoms with Crippen LogP contribution in [0.2, 0.25) is 0 Å². The molecule has 0 spiro atoms. The lowest BCUT2D eigenvalue weighted by Crippen LogP contribution is -2.27. The topological polar surface area (TPSA) is 149 Å². The zero-order valence-electron chi connectivity index (χ0n) is 34.4. The number of methoxy groups -OCH3 is 2. The number of ketones is 1. The summed E-state index contributed by atoms with van der Waals surface area (Å²) in [6, 6.07) is 20.6. The van der Waals surface area contributed by atoms with Gasteiger partial charge in [-0.1, -0.05) is 39.0 Å². The van der Waals surface area contributed by atoms with Crippen molar-refractivity contribution in [3.05, 3.63) is 107 Å². The number of nitrogens with zero attached hydrogens (tertiary/aromatic N) is 3. The van der Waals surface area contributed by atoms with Crippen molar-refractivity contribution < 1.29 is 32.2 Å². The number of ether oxygens (including phenoxy) is 3. The van der Waals surface area contributed by atoms with Crippen molar-refractivity contribution >= 4 is 44.0 Å². The van der Waals surface area contributed by atoms with Crippen LogP contribution in [0.25, 0.3) is 22.0 Å². The average Bonchev–Trinajstić information content (AvgIpc) is 3.45. The minimum absolute atomic E-state index is 0.0674. The van der Waals surface area contributed by atoms with Gasteiger partial charge in [-0.05, 0) is 108 Å². The molecule has 4 aromatic carbocycles. The number of rotatable bonds is 14. The van der Waals surface area contributed by atoms with Crippen LogP contribution in [-0.2, 0) is 26.6 Å². The SMILES string of the molecule is COc1cc(Cc2ncc3cc(-c4cc(C(=O)Nc5cc(C(C)(C)C)cc(NS(C)(=O)=O)c5OC)ccc4C)ccc3n2)ccc1C(=O)CCCN1CCCOCC1. The van der Waals surface area contributed by atoms with E-state index in [1.165, 1.54) is 7.11 Å². The highest BCUT2D eigenvalue weighted by molar-refractivity contribution is 7.92. The van der Waals surface area contributed by atoms with Gasteiger partial charge in [0.25, 0.3) is 5.91 Å². The molecule has 2 N–H and O–H groups in total. The Balaban J connectivity index is 1.17. The van der Waals surface area contributed by atoms with Crippen LogP contribution in [0.3, 0.4) is 0 Å². The van der Waals surface area contributed by atoms with Gasteiger partial charge in [0.05, 0.1) is 49.5 Å². The minimum Gasteiger partial charge on any atom is -0.496 e. The van der Waals surface area contributed by atoms with Crippen molar-refractivity contribution in [1.82, 2.24) is 14.9 Å². The molecule has 1 aliphatic rings. The number of Topliss-reactive ketones (excluding diaryl/α,β-unsaturated/α-hetero) is 1. The second-order valence-corrected chi connectivity index (χ2v) is 17.6. The normalized spacial score (nSPS) is 13.8. The quantitative estimate of drug-likeness (QED) is 0.106. The molecule has 0 saturated carbocycles. The number of carbonyl (C=O) groups is 2. The molecule has 6 rings (SSSR count). The Morgan fingerprint density at radius 3 is 2.47 bits per heavy atom. The van der Waals surface area contributed by atoms with Gasteiger partial charge in [0, 0.05) is 49.7 Å². The van der Waals surface area contributed by atoms with Gasteiger partial charge in [-0.2, -0.15) is 0 Å². The first-order chi connectivity index (χ1) is 27.6. The molecule has 58 heavy (non-hydrogen) atoms. The Hall–Kier alpha value is -5.37. The second kappa shape index (κ2) is 18.0. The number of sulfonamides is 1. The average molecular weight is 808 g/mol. The number of hydrogen-bond donors (Lipinski definition) is 2. The van der Waals surface area contributed by atoms with Crippen molar-refractivity contribution in [2.45, 2.75) is 58.8 Å². The third-order valence-corrected chi connectivity index (χ3v) is 10.9. The number of hydrogen-bond acceptors (Lipinski definition) is 10. The molecule has 12 nitrogen and oxygen atoms in total. The summed E-state index contributed by atoms with van der Waals surface area (Å²) in [6.07, 6.45) is 5.59. The lowest BCUT2D eigenvalue weighted by Gasteiger charge is -2.24. The largest absolute Gasteiger partial charge is 0.496 e. The highest BCUT2D eigenvalue weighted by atomic mass is 32.2. The van der Waals surface area contributed by atoms with Gasteiger partial charge in [0.1, 0.15) is 11.6 Å². The molecule has 2 heterocycles. The fourth-order valence-electron chi connectivity index (χ4n) is 7.12. The Bertz CT molecular complexity index is 2420. The monoisotopic (exact) mass is 807 g/mol. The van der Waals surface area contributed by atoms with Crippen LogP contribution in [0.1, 0.15) is 83.3 Å². The molecule has 1 saturated heterocycles. The van der Waals surface area contributed by atoms with Gasteiger partial charge in [-0.3, -0.25) is 14.3 Å². The summed E-state index contributed by atoms with van der Waals surface area (Å²) >= 11 is 0. The van der Waals surface area contributed by atoms with Gasteiger partial charge < -0.3 is 24.4 Å². The second-order valence-electron chi connectivity index (χ2n) is 15.8. The van der Waals surface area contributed by atoms with Crippen LogP contribution in [0, 0.1) is 6.92 Å². The van der Waals surface area contributed by atoms with Crippen LogP contribution in [0.15, 0.2) is 72.9 Å². The molecule has 1 aliphatic heterocycles. The predicted octanol–water partition coefficient (Wildman–Crippen LogP) is 7.82. The van der Waals surface area contributed by atoms with E-state index in [1.54, 1.807) is 31.5 Å². The zero-order valence-corrected chi connectivity index (χ0v) is 35.2. The standard InChI is InChI=1S/C45H53N5O7S/c1-29-11-13-32(44(52)48-38-26-34(45(2,3)4)27-39(43(38)56-6)49-58(7,53)54)25-36(29)31-14-16-37-33(24-31)28-46-42(47-37)23-30-12-15-35(41(22-30)55-5)40(51)10-8-17-50-18-9-20-57-21-19-50/h11-16,22,24-28,49H,8-10,17-21,23H2,1-7H3,(H,48,52). The zero-order chi connectivity index (χ0) is 41.6. The molecule has 13 heteroatoms. The number of aryl methyl sites for hydroxylation is 1. The molecular weight excluding hydrogens is 755 g/mol. The summed E-state index contributed by atoms with van der Waals surface area (Å²) < 4.78 is 43.7. The van der Waals surface area contributed by atoms with Crippen LogP contribution < -0.4 is 19.5 Å². The fraction of sp³-hybridized carbons (Fsp3) is 0.378. The molecule has 1 amide bonds. The van der Waals surface area contributed by atoms with Crippen molar-refractivity contribution in [1.29, 1.82) is 0 Å². The van der Waals surface area contributed by atoms with Gasteiger partial charge in [0.2, 0.25) is 10.0 Å². The number of carbonyl (C=O) groups excluding carboxylic acids is 2. The van der Waals surface area contributed by atoms with E-state index < -0.39 is 10.0 Å². The maximum atomic E-state index is 13.8. The van der Waals surface area contributed by atoms with Gasteiger partial charge in [0.15, 0.2) is 11.5 Å². The van der Waals surface area contributed by atoms with Gasteiger partial charge in [-0.15, -0.1) is 0 Å². The number of benzene rings is 4. The Labute approximate surface area is 341 Å². The number of anilines is 2. The van der Waals surface area contributed by atoms with Crippen molar-refractivity contribution in [2.24, 2.45) is 0 Å². The molecule has 306 valence electrons. The maximum absolute atomic E-state index is 13.8. The van der Waals surface area contributed by atoms with E-state index in [9.17, 15) is 18.0 Å². The summed E-state index contributed by atoms with van der Waals surface area (Å²) in [5, 5.41) is 3.80. The summed E-state index contributed by atoms with van der Waals surface area (Å²) in [7, 11) is -0.611. The van der Waals surface area contributed by atoms with Crippen LogP contribution in [0.4, 0.5) is 11.4 Å². The lowest BCUT2D eigenvalue weighted by molar-refractivity contribution is 0.0969. The minimum atomic E-state index is -3.63. The fourth-order valence-corrected chi connectivity index (χ4v) is 7.67. The van der Waals surface area contributed by atoms with Crippen molar-refractivity contribution in [3.8, 4) is 22.6 Å². The Kier molecular flexibility index (Phi) is 13.1. The number of fused-ring (bicyclic) bond motifs is 1. The molecule has 1 fully saturated rings. The summed E-state index contributed by atoms with van der Waals surface area (Å²) in [6.45, 7) is 12.3. The first-order valence-electron chi connectivity index (χ1n) is 19.5. The smallest absolute Gasteiger partial charge is 0.255 e. The van der Waals surface area contributed by atoms with E-state index in [0.717, 1.165) is 90.7 Å². The van der Waals surface area contributed by atoms with Crippen molar-refractivity contribution in [3.63, 3.8) is 0 Å². The van der Waals surface area contributed by atoms with E-state index in [2.05, 4.69) is 19.9 Å². The third-order valence-electron chi connectivity index (χ3n) is 10.3. The van der Waals surface area contributed by atoms with Gasteiger partial charge >= 0.3 is 0 Å². The molecule has 0 atom stereocenters. The van der Waals surface area contributed by atoms with E-state index in [-0.39, 0.29) is 28.5 Å². The predicted molar refractivity (Wildman–Crippen MR) is 229 cm³/mol. The number of amides is 1. The Morgan fingerprint density at radius 2 is 1.72 bits per heavy atom. The third kappa shape index (κ3) is 10.6. The molecule has 0 aliphatic carbocycles. The highest BCUT2D eigenvalue weighted by Gasteiger charge is 2.23. The van der Waals surface area contributed by atoms with E-state index in [0.29, 0.717) is 41.2 Å². The highest BCUT2D eigenvalue weighted by Crippen LogP contribution is 2.39. The maximum Gasteiger partial charge on any atom is 0.255 e. The van der Waals surface area contributed by atoms with Crippen molar-refractivity contribution in [2.75, 3.05) is 63.4 Å². The van der Waals surface area contributed by atoms with Gasteiger partial charge in [-0.25, -0.2) is 18.4 Å². The summed E-state index contributed by atoms with van der Waals surface area (Å²) in [5.41, 5.74) is 6.50. The molecule has 0 unspecified atom stereocenters. The summed E-state index contributed by atoms with van der Waals surface area (Å²) in [4.78, 5) is 38.8. The van der Waals surface area contributed by atoms with Crippen LogP contribution in [0.5, 0.6) is 11.5 Å². The number of nitrogens with one attached hydrogen (secondary N) is 2. The number of aromatic nitrogens is 2. The van der Waals surface area contributed by atoms with Crippen LogP contribution in [-0.4, -0.2) is 88.3 Å². The molecule has 0 radical (unpaired) electrons. The molecule has 0 bridgehead atoms.